The van der Waals surface area contributed by atoms with E-state index in [1.54, 1.807) is 4.90 Å². The SMILES string of the molecule is CC(C)NC1CCC(C(=O)N2CCc3c(C#N)cc(C(F)(F)F)cc3C2)(C(C)C)C1. The molecule has 1 fully saturated rings. The van der Waals surface area contributed by atoms with Gasteiger partial charge in [0.25, 0.3) is 0 Å². The summed E-state index contributed by atoms with van der Waals surface area (Å²) in [6, 6.07) is 4.54. The van der Waals surface area contributed by atoms with E-state index in [9.17, 15) is 23.2 Å². The number of carbonyl (C=O) groups excluding carboxylic acids is 1. The Morgan fingerprint density at radius 3 is 2.57 bits per heavy atom. The van der Waals surface area contributed by atoms with Gasteiger partial charge in [0.05, 0.1) is 22.6 Å². The number of hydrogen-bond donors (Lipinski definition) is 1. The van der Waals surface area contributed by atoms with Gasteiger partial charge >= 0.3 is 6.18 Å². The molecule has 4 nitrogen and oxygen atoms in total. The Hall–Kier alpha value is -2.07. The minimum absolute atomic E-state index is 0.0344. The lowest BCUT2D eigenvalue weighted by Gasteiger charge is -2.40. The standard InChI is InChI=1S/C23H30F3N3O/c1-14(2)22(7-5-19(11-22)28-15(3)4)21(30)29-8-6-20-16(12-27)9-18(23(24,25)26)10-17(20)13-29/h9-10,14-15,19,28H,5-8,11,13H2,1-4H3. The average Bonchev–Trinajstić information content (AvgIpc) is 3.09. The monoisotopic (exact) mass is 421 g/mol. The van der Waals surface area contributed by atoms with Crippen LogP contribution in [0.4, 0.5) is 13.2 Å². The third-order valence-corrected chi connectivity index (χ3v) is 6.72. The normalized spacial score (nSPS) is 24.3. The molecule has 1 aromatic rings. The van der Waals surface area contributed by atoms with E-state index in [2.05, 4.69) is 33.0 Å². The number of hydrogen-bond acceptors (Lipinski definition) is 3. The van der Waals surface area contributed by atoms with E-state index in [4.69, 9.17) is 0 Å². The third-order valence-electron chi connectivity index (χ3n) is 6.72. The summed E-state index contributed by atoms with van der Waals surface area (Å²) >= 11 is 0. The van der Waals surface area contributed by atoms with Crippen molar-refractivity contribution in [1.82, 2.24) is 10.2 Å². The second-order valence-electron chi connectivity index (χ2n) is 9.32. The summed E-state index contributed by atoms with van der Waals surface area (Å²) in [7, 11) is 0. The Labute approximate surface area is 176 Å². The molecule has 0 aromatic heterocycles. The molecule has 1 aromatic carbocycles. The summed E-state index contributed by atoms with van der Waals surface area (Å²) in [5, 5.41) is 12.9. The van der Waals surface area contributed by atoms with Crippen LogP contribution in [0.15, 0.2) is 12.1 Å². The molecule has 7 heteroatoms. The van der Waals surface area contributed by atoms with Gasteiger partial charge in [-0.05, 0) is 54.9 Å². The van der Waals surface area contributed by atoms with E-state index < -0.39 is 17.2 Å². The Morgan fingerprint density at radius 1 is 1.30 bits per heavy atom. The number of halogens is 3. The van der Waals surface area contributed by atoms with Crippen LogP contribution >= 0.6 is 0 Å². The third kappa shape index (κ3) is 4.20. The highest BCUT2D eigenvalue weighted by Crippen LogP contribution is 2.47. The first-order chi connectivity index (χ1) is 14.0. The molecule has 0 saturated heterocycles. The highest BCUT2D eigenvalue weighted by Gasteiger charge is 2.49. The van der Waals surface area contributed by atoms with Gasteiger partial charge in [-0.2, -0.15) is 18.4 Å². The van der Waals surface area contributed by atoms with Gasteiger partial charge in [-0.15, -0.1) is 0 Å². The molecule has 30 heavy (non-hydrogen) atoms. The zero-order chi connectivity index (χ0) is 22.3. The Morgan fingerprint density at radius 2 is 2.00 bits per heavy atom. The van der Waals surface area contributed by atoms with E-state index in [1.807, 2.05) is 6.07 Å². The van der Waals surface area contributed by atoms with Crippen molar-refractivity contribution < 1.29 is 18.0 Å². The summed E-state index contributed by atoms with van der Waals surface area (Å²) in [6.45, 7) is 8.85. The zero-order valence-electron chi connectivity index (χ0n) is 18.1. The van der Waals surface area contributed by atoms with Crippen LogP contribution in [0, 0.1) is 22.7 Å². The van der Waals surface area contributed by atoms with Gasteiger partial charge in [-0.1, -0.05) is 27.7 Å². The molecule has 0 spiro atoms. The van der Waals surface area contributed by atoms with Crippen molar-refractivity contribution in [1.29, 1.82) is 5.26 Å². The summed E-state index contributed by atoms with van der Waals surface area (Å²) in [5.41, 5.74) is -0.182. The first kappa shape index (κ1) is 22.6. The van der Waals surface area contributed by atoms with E-state index in [0.717, 1.165) is 31.4 Å². The predicted molar refractivity (Wildman–Crippen MR) is 108 cm³/mol. The fourth-order valence-corrected chi connectivity index (χ4v) is 5.11. The minimum atomic E-state index is -4.52. The summed E-state index contributed by atoms with van der Waals surface area (Å²) in [6.07, 6.45) is -1.67. The van der Waals surface area contributed by atoms with Crippen LogP contribution in [0.2, 0.25) is 0 Å². The maximum Gasteiger partial charge on any atom is 0.416 e. The molecule has 1 heterocycles. The fraction of sp³-hybridized carbons (Fsp3) is 0.652. The number of carbonyl (C=O) groups is 1. The van der Waals surface area contributed by atoms with Crippen molar-refractivity contribution in [3.05, 3.63) is 34.4 Å². The van der Waals surface area contributed by atoms with Crippen LogP contribution in [0.1, 0.15) is 69.2 Å². The Balaban J connectivity index is 1.88. The Bertz CT molecular complexity index is 856. The quantitative estimate of drug-likeness (QED) is 0.770. The van der Waals surface area contributed by atoms with E-state index in [-0.39, 0.29) is 30.0 Å². The summed E-state index contributed by atoms with van der Waals surface area (Å²) in [4.78, 5) is 15.4. The molecule has 1 aliphatic carbocycles. The van der Waals surface area contributed by atoms with Gasteiger partial charge in [0.1, 0.15) is 0 Å². The molecule has 0 bridgehead atoms. The van der Waals surface area contributed by atoms with Gasteiger partial charge in [-0.3, -0.25) is 4.79 Å². The average molecular weight is 422 g/mol. The molecule has 1 saturated carbocycles. The molecule has 1 N–H and O–H groups in total. The molecule has 164 valence electrons. The van der Waals surface area contributed by atoms with E-state index in [1.165, 1.54) is 0 Å². The topological polar surface area (TPSA) is 56.1 Å². The maximum absolute atomic E-state index is 13.7. The van der Waals surface area contributed by atoms with E-state index in [0.29, 0.717) is 30.1 Å². The number of fused-ring (bicyclic) bond motifs is 1. The van der Waals surface area contributed by atoms with Crippen molar-refractivity contribution >= 4 is 5.91 Å². The molecule has 2 unspecified atom stereocenters. The first-order valence-corrected chi connectivity index (χ1v) is 10.7. The predicted octanol–water partition coefficient (Wildman–Crippen LogP) is 4.65. The first-order valence-electron chi connectivity index (χ1n) is 10.7. The molecular weight excluding hydrogens is 391 g/mol. The summed E-state index contributed by atoms with van der Waals surface area (Å²) < 4.78 is 39.9. The number of alkyl halides is 3. The Kier molecular flexibility index (Phi) is 6.20. The lowest BCUT2D eigenvalue weighted by Crippen LogP contribution is -2.48. The van der Waals surface area contributed by atoms with Gasteiger partial charge in [0.2, 0.25) is 5.91 Å². The van der Waals surface area contributed by atoms with E-state index >= 15 is 0 Å². The molecule has 1 amide bonds. The van der Waals surface area contributed by atoms with Gasteiger partial charge in [0, 0.05) is 25.2 Å². The number of nitriles is 1. The zero-order valence-corrected chi connectivity index (χ0v) is 18.1. The fourth-order valence-electron chi connectivity index (χ4n) is 5.11. The number of benzene rings is 1. The lowest BCUT2D eigenvalue weighted by molar-refractivity contribution is -0.145. The molecule has 2 aliphatic rings. The van der Waals surface area contributed by atoms with Crippen LogP contribution in [0.5, 0.6) is 0 Å². The molecule has 1 aliphatic heterocycles. The largest absolute Gasteiger partial charge is 0.416 e. The van der Waals surface area contributed by atoms with Gasteiger partial charge in [-0.25, -0.2) is 0 Å². The highest BCUT2D eigenvalue weighted by atomic mass is 19.4. The number of amides is 1. The van der Waals surface area contributed by atoms with Crippen LogP contribution in [-0.2, 0) is 23.9 Å². The smallest absolute Gasteiger partial charge is 0.338 e. The summed E-state index contributed by atoms with van der Waals surface area (Å²) in [5.74, 6) is 0.175. The minimum Gasteiger partial charge on any atom is -0.338 e. The second-order valence-corrected chi connectivity index (χ2v) is 9.32. The van der Waals surface area contributed by atoms with Crippen molar-refractivity contribution in [2.75, 3.05) is 6.54 Å². The maximum atomic E-state index is 13.7. The van der Waals surface area contributed by atoms with Crippen LogP contribution in [-0.4, -0.2) is 29.4 Å². The van der Waals surface area contributed by atoms with Crippen LogP contribution in [0.3, 0.4) is 0 Å². The second kappa shape index (κ2) is 8.22. The van der Waals surface area contributed by atoms with Crippen molar-refractivity contribution in [3.63, 3.8) is 0 Å². The van der Waals surface area contributed by atoms with Crippen LogP contribution < -0.4 is 5.32 Å². The molecule has 2 atom stereocenters. The molecular formula is C23H30F3N3O. The van der Waals surface area contributed by atoms with Crippen molar-refractivity contribution in [2.24, 2.45) is 11.3 Å². The van der Waals surface area contributed by atoms with Crippen molar-refractivity contribution in [2.45, 2.75) is 78.2 Å². The van der Waals surface area contributed by atoms with Gasteiger partial charge < -0.3 is 10.2 Å². The van der Waals surface area contributed by atoms with Crippen LogP contribution in [0.25, 0.3) is 0 Å². The van der Waals surface area contributed by atoms with Gasteiger partial charge in [0.15, 0.2) is 0 Å². The number of nitrogens with one attached hydrogen (secondary N) is 1. The van der Waals surface area contributed by atoms with Crippen molar-refractivity contribution in [3.8, 4) is 6.07 Å². The number of nitrogens with zero attached hydrogens (tertiary/aromatic N) is 2. The molecule has 3 rings (SSSR count). The highest BCUT2D eigenvalue weighted by molar-refractivity contribution is 5.84. The lowest BCUT2D eigenvalue weighted by atomic mass is 9.73. The molecule has 0 radical (unpaired) electrons. The number of rotatable bonds is 4.